The monoisotopic (exact) mass is 444 g/mol. The van der Waals surface area contributed by atoms with Crippen LogP contribution in [0.4, 0.5) is 0 Å². The first-order chi connectivity index (χ1) is 14.6. The van der Waals surface area contributed by atoms with E-state index in [1.165, 1.54) is 11.2 Å². The summed E-state index contributed by atoms with van der Waals surface area (Å²) in [6, 6.07) is 9.80. The molecule has 1 atom stereocenters. The largest absolute Gasteiger partial charge is 0.467 e. The lowest BCUT2D eigenvalue weighted by Gasteiger charge is -2.30. The number of furan rings is 1. The van der Waals surface area contributed by atoms with E-state index in [4.69, 9.17) is 16.0 Å². The minimum Gasteiger partial charge on any atom is -0.467 e. The van der Waals surface area contributed by atoms with Crippen molar-refractivity contribution in [1.29, 1.82) is 0 Å². The number of aromatic nitrogens is 2. The molecule has 2 amide bonds. The molecule has 156 valence electrons. The summed E-state index contributed by atoms with van der Waals surface area (Å²) < 4.78 is 9.37. The van der Waals surface area contributed by atoms with Crippen LogP contribution < -0.4 is 5.32 Å². The summed E-state index contributed by atoms with van der Waals surface area (Å²) in [4.78, 5) is 28.2. The van der Waals surface area contributed by atoms with E-state index in [-0.39, 0.29) is 24.2 Å². The van der Waals surface area contributed by atoms with Gasteiger partial charge in [0.1, 0.15) is 5.76 Å². The molecule has 1 aromatic carbocycles. The topological polar surface area (TPSA) is 88.3 Å². The molecular formula is C21H21ClN4O3S. The molecule has 7 nitrogen and oxygen atoms in total. The highest BCUT2D eigenvalue weighted by Gasteiger charge is 2.36. The van der Waals surface area contributed by atoms with Gasteiger partial charge in [0, 0.05) is 23.0 Å². The third-order valence-corrected chi connectivity index (χ3v) is 6.09. The van der Waals surface area contributed by atoms with Gasteiger partial charge in [0.2, 0.25) is 0 Å². The van der Waals surface area contributed by atoms with E-state index >= 15 is 0 Å². The second kappa shape index (κ2) is 9.40. The molecule has 1 N–H and O–H groups in total. The van der Waals surface area contributed by atoms with Gasteiger partial charge in [0.05, 0.1) is 6.26 Å². The molecule has 0 spiro atoms. The minimum absolute atomic E-state index is 0.105. The number of carbonyl (C=O) groups is 2. The maximum Gasteiger partial charge on any atom is 0.276 e. The fraction of sp³-hybridized carbons (Fsp3) is 0.333. The molecule has 1 saturated carbocycles. The fourth-order valence-corrected chi connectivity index (χ4v) is 4.34. The molecule has 0 bridgehead atoms. The summed E-state index contributed by atoms with van der Waals surface area (Å²) in [5.74, 6) is -0.304. The predicted octanol–water partition coefficient (Wildman–Crippen LogP) is 4.23. The van der Waals surface area contributed by atoms with E-state index in [2.05, 4.69) is 14.9 Å². The lowest BCUT2D eigenvalue weighted by atomic mass is 10.1. The van der Waals surface area contributed by atoms with Crippen LogP contribution in [0.3, 0.4) is 0 Å². The SMILES string of the molecule is O=C(NC1CCCC1)C(c1ccco1)N(Cc1ccccc1Cl)C(=O)c1csnn1. The summed E-state index contributed by atoms with van der Waals surface area (Å²) in [7, 11) is 0. The lowest BCUT2D eigenvalue weighted by molar-refractivity contribution is -0.127. The van der Waals surface area contributed by atoms with Gasteiger partial charge in [-0.1, -0.05) is 47.1 Å². The van der Waals surface area contributed by atoms with Crippen LogP contribution in [0.25, 0.3) is 0 Å². The first kappa shape index (κ1) is 20.6. The molecule has 3 aromatic rings. The Kier molecular flexibility index (Phi) is 6.44. The molecule has 2 aromatic heterocycles. The Morgan fingerprint density at radius 1 is 1.23 bits per heavy atom. The zero-order chi connectivity index (χ0) is 20.9. The summed E-state index contributed by atoms with van der Waals surface area (Å²) in [6.07, 6.45) is 5.54. The number of benzene rings is 1. The Bertz CT molecular complexity index is 988. The van der Waals surface area contributed by atoms with Crippen molar-refractivity contribution in [2.45, 2.75) is 44.3 Å². The van der Waals surface area contributed by atoms with E-state index in [0.717, 1.165) is 42.8 Å². The van der Waals surface area contributed by atoms with Crippen LogP contribution in [0, 0.1) is 0 Å². The number of nitrogens with one attached hydrogen (secondary N) is 1. The van der Waals surface area contributed by atoms with E-state index in [0.29, 0.717) is 10.8 Å². The summed E-state index contributed by atoms with van der Waals surface area (Å²) in [5.41, 5.74) is 0.901. The molecule has 1 fully saturated rings. The van der Waals surface area contributed by atoms with Crippen LogP contribution in [0.1, 0.15) is 53.5 Å². The van der Waals surface area contributed by atoms with Gasteiger partial charge in [-0.25, -0.2) is 0 Å². The fourth-order valence-electron chi connectivity index (χ4n) is 3.72. The van der Waals surface area contributed by atoms with Gasteiger partial charge in [-0.2, -0.15) is 0 Å². The molecule has 9 heteroatoms. The highest BCUT2D eigenvalue weighted by atomic mass is 35.5. The van der Waals surface area contributed by atoms with Gasteiger partial charge in [-0.05, 0) is 48.1 Å². The average Bonchev–Trinajstić information content (AvgIpc) is 3.52. The molecule has 1 aliphatic carbocycles. The van der Waals surface area contributed by atoms with Crippen LogP contribution in [-0.4, -0.2) is 32.3 Å². The first-order valence-corrected chi connectivity index (χ1v) is 11.0. The van der Waals surface area contributed by atoms with Gasteiger partial charge in [0.15, 0.2) is 11.7 Å². The van der Waals surface area contributed by atoms with Crippen molar-refractivity contribution < 1.29 is 14.0 Å². The van der Waals surface area contributed by atoms with Gasteiger partial charge >= 0.3 is 0 Å². The third-order valence-electron chi connectivity index (χ3n) is 5.21. The zero-order valence-corrected chi connectivity index (χ0v) is 17.7. The van der Waals surface area contributed by atoms with E-state index in [1.807, 2.05) is 18.2 Å². The highest BCUT2D eigenvalue weighted by Crippen LogP contribution is 2.29. The first-order valence-electron chi connectivity index (χ1n) is 9.78. The quantitative estimate of drug-likeness (QED) is 0.589. The van der Waals surface area contributed by atoms with Crippen molar-refractivity contribution in [3.63, 3.8) is 0 Å². The van der Waals surface area contributed by atoms with Crippen molar-refractivity contribution in [3.8, 4) is 0 Å². The third kappa shape index (κ3) is 4.55. The molecule has 4 rings (SSSR count). The van der Waals surface area contributed by atoms with Gasteiger partial charge in [-0.3, -0.25) is 9.59 Å². The highest BCUT2D eigenvalue weighted by molar-refractivity contribution is 7.03. The average molecular weight is 445 g/mol. The van der Waals surface area contributed by atoms with Crippen molar-refractivity contribution in [2.75, 3.05) is 0 Å². The lowest BCUT2D eigenvalue weighted by Crippen LogP contribution is -2.45. The maximum atomic E-state index is 13.4. The number of nitrogens with zero attached hydrogens (tertiary/aromatic N) is 3. The molecule has 0 saturated heterocycles. The van der Waals surface area contributed by atoms with E-state index in [9.17, 15) is 9.59 Å². The van der Waals surface area contributed by atoms with Crippen LogP contribution in [0.2, 0.25) is 5.02 Å². The standard InChI is InChI=1S/C21H21ClN4O3S/c22-16-9-4-1-6-14(16)12-26(21(28)17-13-30-25-24-17)19(18-10-5-11-29-18)20(27)23-15-7-2-3-8-15/h1,4-6,9-11,13,15,19H,2-3,7-8,12H2,(H,23,27). The molecule has 30 heavy (non-hydrogen) atoms. The molecule has 0 aliphatic heterocycles. The maximum absolute atomic E-state index is 13.4. The van der Waals surface area contributed by atoms with Crippen LogP contribution in [0.5, 0.6) is 0 Å². The van der Waals surface area contributed by atoms with Crippen LogP contribution in [0.15, 0.2) is 52.5 Å². The molecule has 0 radical (unpaired) electrons. The smallest absolute Gasteiger partial charge is 0.276 e. The number of halogens is 1. The van der Waals surface area contributed by atoms with Crippen molar-refractivity contribution in [2.24, 2.45) is 0 Å². The normalized spacial score (nSPS) is 15.1. The molecule has 1 aliphatic rings. The number of amides is 2. The molecular weight excluding hydrogens is 424 g/mol. The zero-order valence-electron chi connectivity index (χ0n) is 16.2. The van der Waals surface area contributed by atoms with E-state index in [1.54, 1.807) is 23.6 Å². The Balaban J connectivity index is 1.71. The second-order valence-electron chi connectivity index (χ2n) is 7.22. The number of rotatable bonds is 7. The summed E-state index contributed by atoms with van der Waals surface area (Å²) in [5, 5.41) is 9.08. The number of hydrogen-bond acceptors (Lipinski definition) is 6. The van der Waals surface area contributed by atoms with Crippen molar-refractivity contribution in [1.82, 2.24) is 19.8 Å². The number of carbonyl (C=O) groups excluding carboxylic acids is 2. The Labute approximate surface area is 183 Å². The van der Waals surface area contributed by atoms with Crippen LogP contribution in [-0.2, 0) is 11.3 Å². The summed E-state index contributed by atoms with van der Waals surface area (Å²) in [6.45, 7) is 0.124. The van der Waals surface area contributed by atoms with Gasteiger partial charge in [-0.15, -0.1) is 5.10 Å². The van der Waals surface area contributed by atoms with E-state index < -0.39 is 11.9 Å². The Morgan fingerprint density at radius 2 is 2.03 bits per heavy atom. The van der Waals surface area contributed by atoms with Crippen molar-refractivity contribution in [3.05, 3.63) is 70.1 Å². The summed E-state index contributed by atoms with van der Waals surface area (Å²) >= 11 is 7.44. The molecule has 2 heterocycles. The number of hydrogen-bond donors (Lipinski definition) is 1. The van der Waals surface area contributed by atoms with Gasteiger partial charge in [0.25, 0.3) is 11.8 Å². The second-order valence-corrected chi connectivity index (χ2v) is 8.24. The predicted molar refractivity (Wildman–Crippen MR) is 113 cm³/mol. The molecule has 1 unspecified atom stereocenters. The Hall–Kier alpha value is -2.71. The van der Waals surface area contributed by atoms with Crippen LogP contribution >= 0.6 is 23.1 Å². The van der Waals surface area contributed by atoms with Gasteiger partial charge < -0.3 is 14.6 Å². The Morgan fingerprint density at radius 3 is 2.70 bits per heavy atom. The minimum atomic E-state index is -0.953. The van der Waals surface area contributed by atoms with Crippen molar-refractivity contribution >= 4 is 34.9 Å².